The van der Waals surface area contributed by atoms with E-state index < -0.39 is 6.35 Å². The minimum absolute atomic E-state index is 0.0528. The van der Waals surface area contributed by atoms with Gasteiger partial charge in [-0.1, -0.05) is 26.0 Å². The summed E-state index contributed by atoms with van der Waals surface area (Å²) in [6.45, 7) is 12.7. The number of aliphatic imine (C=N–C) groups is 1. The summed E-state index contributed by atoms with van der Waals surface area (Å²) in [5.74, 6) is 0.655. The van der Waals surface area contributed by atoms with Gasteiger partial charge in [-0.05, 0) is 38.3 Å². The first kappa shape index (κ1) is 22.2. The number of anilines is 1. The fourth-order valence-electron chi connectivity index (χ4n) is 4.84. The maximum atomic E-state index is 13.3. The van der Waals surface area contributed by atoms with Crippen molar-refractivity contribution in [1.82, 2.24) is 9.80 Å². The molecule has 6 nitrogen and oxygen atoms in total. The van der Waals surface area contributed by atoms with Crippen molar-refractivity contribution < 1.29 is 14.2 Å². The summed E-state index contributed by atoms with van der Waals surface area (Å²) in [6, 6.07) is 6.47. The number of amidine groups is 1. The van der Waals surface area contributed by atoms with E-state index in [1.54, 1.807) is 6.92 Å². The van der Waals surface area contributed by atoms with Crippen molar-refractivity contribution in [3.05, 3.63) is 41.4 Å². The molecule has 1 N–H and O–H groups in total. The fraction of sp³-hybridized carbons (Fsp3) is 0.625. The Hall–Kier alpha value is -1.96. The van der Waals surface area contributed by atoms with E-state index in [0.29, 0.717) is 19.6 Å². The predicted molar refractivity (Wildman–Crippen MR) is 122 cm³/mol. The second kappa shape index (κ2) is 8.88. The highest BCUT2D eigenvalue weighted by Gasteiger charge is 2.54. The van der Waals surface area contributed by atoms with Gasteiger partial charge >= 0.3 is 0 Å². The molecular formula is C24H35FN4O2. The first-order valence-electron chi connectivity index (χ1n) is 11.4. The molecule has 4 rings (SSSR count). The third-order valence-electron chi connectivity index (χ3n) is 6.76. The lowest BCUT2D eigenvalue weighted by Crippen LogP contribution is -2.75. The molecule has 1 aromatic rings. The van der Waals surface area contributed by atoms with E-state index in [1.807, 2.05) is 6.92 Å². The smallest absolute Gasteiger partial charge is 0.186 e. The van der Waals surface area contributed by atoms with Gasteiger partial charge in [0.2, 0.25) is 0 Å². The van der Waals surface area contributed by atoms with E-state index in [4.69, 9.17) is 4.74 Å². The van der Waals surface area contributed by atoms with Crippen LogP contribution in [0, 0.1) is 5.41 Å². The second-order valence-electron chi connectivity index (χ2n) is 9.30. The maximum Gasteiger partial charge on any atom is 0.186 e. The van der Waals surface area contributed by atoms with Gasteiger partial charge in [0.05, 0.1) is 18.9 Å². The van der Waals surface area contributed by atoms with Crippen molar-refractivity contribution in [2.24, 2.45) is 10.4 Å². The molecule has 2 unspecified atom stereocenters. The van der Waals surface area contributed by atoms with Crippen molar-refractivity contribution >= 4 is 11.5 Å². The number of likely N-dealkylation sites (tertiary alicyclic amines) is 2. The molecule has 0 aromatic heterocycles. The van der Waals surface area contributed by atoms with Gasteiger partial charge in [0.15, 0.2) is 6.35 Å². The quantitative estimate of drug-likeness (QED) is 0.572. The number of ether oxygens (including phenoxy) is 1. The van der Waals surface area contributed by atoms with Gasteiger partial charge in [0.1, 0.15) is 11.7 Å². The van der Waals surface area contributed by atoms with Gasteiger partial charge in [-0.3, -0.25) is 4.90 Å². The van der Waals surface area contributed by atoms with Crippen molar-refractivity contribution in [2.45, 2.75) is 59.6 Å². The monoisotopic (exact) mass is 430 g/mol. The summed E-state index contributed by atoms with van der Waals surface area (Å²) in [4.78, 5) is 10.7. The normalized spacial score (nSPS) is 25.0. The molecule has 2 saturated heterocycles. The van der Waals surface area contributed by atoms with Crippen molar-refractivity contribution in [3.63, 3.8) is 0 Å². The van der Waals surface area contributed by atoms with E-state index >= 15 is 0 Å². The number of fused-ring (bicyclic) bond motifs is 1. The van der Waals surface area contributed by atoms with Crippen LogP contribution in [-0.4, -0.2) is 65.9 Å². The van der Waals surface area contributed by atoms with Gasteiger partial charge in [0.25, 0.3) is 0 Å². The number of halogens is 1. The highest BCUT2D eigenvalue weighted by Crippen LogP contribution is 2.42. The molecule has 170 valence electrons. The van der Waals surface area contributed by atoms with E-state index in [0.717, 1.165) is 49.7 Å². The number of aliphatic hydroxyl groups is 1. The van der Waals surface area contributed by atoms with Crippen LogP contribution in [0.15, 0.2) is 35.2 Å². The molecular weight excluding hydrogens is 395 g/mol. The van der Waals surface area contributed by atoms with Crippen LogP contribution < -0.4 is 4.90 Å². The average Bonchev–Trinajstić information content (AvgIpc) is 2.88. The third-order valence-corrected chi connectivity index (χ3v) is 6.76. The van der Waals surface area contributed by atoms with Gasteiger partial charge in [0, 0.05) is 49.4 Å². The van der Waals surface area contributed by atoms with E-state index in [1.165, 1.54) is 11.8 Å². The van der Waals surface area contributed by atoms with Crippen LogP contribution >= 0.6 is 0 Å². The number of hydrogen-bond acceptors (Lipinski definition) is 5. The molecule has 3 heterocycles. The number of aliphatic hydroxyl groups excluding tert-OH is 1. The molecule has 7 heteroatoms. The van der Waals surface area contributed by atoms with Crippen LogP contribution in [0.4, 0.5) is 10.1 Å². The molecule has 3 aliphatic rings. The van der Waals surface area contributed by atoms with Crippen LogP contribution in [0.25, 0.3) is 0 Å². The summed E-state index contributed by atoms with van der Waals surface area (Å²) in [6.07, 6.45) is 2.07. The summed E-state index contributed by atoms with van der Waals surface area (Å²) in [5, 5.41) is 11.2. The van der Waals surface area contributed by atoms with Crippen LogP contribution in [-0.2, 0) is 17.8 Å². The molecule has 2 fully saturated rings. The summed E-state index contributed by atoms with van der Waals surface area (Å²) in [7, 11) is 0. The Balaban J connectivity index is 1.38. The molecule has 0 amide bonds. The van der Waals surface area contributed by atoms with Crippen molar-refractivity contribution in [1.29, 1.82) is 0 Å². The van der Waals surface area contributed by atoms with Gasteiger partial charge < -0.3 is 19.6 Å². The summed E-state index contributed by atoms with van der Waals surface area (Å²) >= 11 is 0. The van der Waals surface area contributed by atoms with E-state index in [9.17, 15) is 9.50 Å². The predicted octanol–water partition coefficient (Wildman–Crippen LogP) is 3.51. The van der Waals surface area contributed by atoms with Gasteiger partial charge in [-0.15, -0.1) is 0 Å². The molecule has 31 heavy (non-hydrogen) atoms. The van der Waals surface area contributed by atoms with Gasteiger partial charge in [-0.25, -0.2) is 9.38 Å². The standard InChI is InChI=1S/C24H35FN4O2/c1-5-19-7-8-22-20(9-19)12-31-17(3)11-29(22)23(30)28-15-24(16-28)13-27(14-24)18(4)26-10-21(25)6-2/h7-10,17,23,30H,5-6,11-16H2,1-4H3/b21-10+,26-18?. The highest BCUT2D eigenvalue weighted by molar-refractivity contribution is 5.81. The lowest BCUT2D eigenvalue weighted by Gasteiger charge is -2.62. The van der Waals surface area contributed by atoms with Crippen molar-refractivity contribution in [2.75, 3.05) is 37.6 Å². The fourth-order valence-corrected chi connectivity index (χ4v) is 4.84. The lowest BCUT2D eigenvalue weighted by atomic mass is 9.73. The molecule has 0 aliphatic carbocycles. The Morgan fingerprint density at radius 3 is 2.74 bits per heavy atom. The Morgan fingerprint density at radius 1 is 1.32 bits per heavy atom. The molecule has 1 aromatic carbocycles. The van der Waals surface area contributed by atoms with Crippen LogP contribution in [0.2, 0.25) is 0 Å². The molecule has 2 atom stereocenters. The number of nitrogens with zero attached hydrogens (tertiary/aromatic N) is 4. The first-order valence-corrected chi connectivity index (χ1v) is 11.4. The van der Waals surface area contributed by atoms with Crippen LogP contribution in [0.5, 0.6) is 0 Å². The maximum absolute atomic E-state index is 13.3. The minimum atomic E-state index is -0.661. The lowest BCUT2D eigenvalue weighted by molar-refractivity contribution is -0.155. The minimum Gasteiger partial charge on any atom is -0.372 e. The zero-order valence-electron chi connectivity index (χ0n) is 19.1. The van der Waals surface area contributed by atoms with Gasteiger partial charge in [-0.2, -0.15) is 0 Å². The average molecular weight is 431 g/mol. The Morgan fingerprint density at radius 2 is 2.06 bits per heavy atom. The SMILES string of the molecule is CC/C(F)=C\N=C(C)N1CC2(C1)CN(C(O)N1CC(C)OCc3cc(CC)ccc31)C2. The topological polar surface area (TPSA) is 51.5 Å². The Labute approximate surface area is 185 Å². The van der Waals surface area contributed by atoms with Crippen molar-refractivity contribution in [3.8, 4) is 0 Å². The first-order chi connectivity index (χ1) is 14.8. The molecule has 0 bridgehead atoms. The zero-order chi connectivity index (χ0) is 22.2. The van der Waals surface area contributed by atoms with Crippen LogP contribution in [0.3, 0.4) is 0 Å². The number of benzene rings is 1. The number of aryl methyl sites for hydroxylation is 1. The molecule has 0 saturated carbocycles. The van der Waals surface area contributed by atoms with E-state index in [2.05, 4.69) is 51.7 Å². The highest BCUT2D eigenvalue weighted by atomic mass is 19.1. The molecule has 1 spiro atoms. The largest absolute Gasteiger partial charge is 0.372 e. The number of rotatable bonds is 5. The molecule has 0 radical (unpaired) electrons. The second-order valence-corrected chi connectivity index (χ2v) is 9.30. The summed E-state index contributed by atoms with van der Waals surface area (Å²) < 4.78 is 19.3. The zero-order valence-corrected chi connectivity index (χ0v) is 19.1. The third kappa shape index (κ3) is 4.49. The Kier molecular flexibility index (Phi) is 6.37. The van der Waals surface area contributed by atoms with E-state index in [-0.39, 0.29) is 17.3 Å². The molecule has 3 aliphatic heterocycles. The number of allylic oxidation sites excluding steroid dienone is 1. The van der Waals surface area contributed by atoms with Crippen LogP contribution in [0.1, 0.15) is 45.2 Å². The number of hydrogen-bond donors (Lipinski definition) is 1. The Bertz CT molecular complexity index is 857. The summed E-state index contributed by atoms with van der Waals surface area (Å²) in [5.41, 5.74) is 3.70.